The predicted molar refractivity (Wildman–Crippen MR) is 37.1 cm³/mol. The molecule has 0 unspecified atom stereocenters. The molecule has 0 rings (SSSR count). The molecule has 0 heterocycles. The second-order valence-corrected chi connectivity index (χ2v) is 0.671. The van der Waals surface area contributed by atoms with Crippen molar-refractivity contribution in [3.63, 3.8) is 0 Å². The zero-order valence-corrected chi connectivity index (χ0v) is 9.66. The molecule has 0 aliphatic rings. The van der Waals surface area contributed by atoms with Crippen LogP contribution in [0, 0.1) is 87.7 Å². The summed E-state index contributed by atoms with van der Waals surface area (Å²) >= 11 is 0. The largest absolute Gasteiger partial charge is 0.369 e. The van der Waals surface area contributed by atoms with Gasteiger partial charge < -0.3 is 52.1 Å². The van der Waals surface area contributed by atoms with E-state index in [0.717, 1.165) is 0 Å². The second-order valence-electron chi connectivity index (χ2n) is 0.671. The van der Waals surface area contributed by atoms with Gasteiger partial charge in [-0.2, -0.15) is 0 Å². The normalized spacial score (nSPS) is 5.14. The Morgan fingerprint density at radius 3 is 0.571 bits per heavy atom. The van der Waals surface area contributed by atoms with Crippen molar-refractivity contribution in [2.75, 3.05) is 0 Å². The number of hydrogen-bond acceptors (Lipinski definition) is 9. The summed E-state index contributed by atoms with van der Waals surface area (Å²) < 4.78 is 0. The molecule has 0 aliphatic carbocycles. The molecule has 0 fully saturated rings. The van der Waals surface area contributed by atoms with Crippen molar-refractivity contribution in [1.82, 2.24) is 6.15 Å². The van der Waals surface area contributed by atoms with E-state index in [4.69, 9.17) is 46.0 Å². The van der Waals surface area contributed by atoms with Crippen molar-refractivity contribution >= 4 is 0 Å². The summed E-state index contributed by atoms with van der Waals surface area (Å²) in [6.45, 7) is 0. The van der Waals surface area contributed by atoms with E-state index in [2.05, 4.69) is 0 Å². The summed E-state index contributed by atoms with van der Waals surface area (Å²) in [7, 11) is 0. The molecular formula is H4CeN4O9-2. The summed E-state index contributed by atoms with van der Waals surface area (Å²) in [6, 6.07) is 0. The Balaban J connectivity index is -0.0000000270. The van der Waals surface area contributed by atoms with Gasteiger partial charge in [0.1, 0.15) is 0 Å². The average Bonchev–Trinajstić information content (AvgIpc) is 1.54. The van der Waals surface area contributed by atoms with E-state index in [1.165, 1.54) is 0 Å². The first kappa shape index (κ1) is 29.3. The molecule has 0 aromatic heterocycles. The van der Waals surface area contributed by atoms with Gasteiger partial charge in [0.25, 0.3) is 0 Å². The topological polar surface area (TPSA) is 235 Å². The quantitative estimate of drug-likeness (QED) is 0.445. The van der Waals surface area contributed by atoms with Crippen molar-refractivity contribution in [1.29, 1.82) is 0 Å². The minimum absolute atomic E-state index is 0. The van der Waals surface area contributed by atoms with E-state index in [0.29, 0.717) is 0 Å². The standard InChI is InChI=1S/Ce.3NO3.H3N/c;3*2-1(3)4;/h;;;;1H3/q;3*-1;/p+1. The molecule has 0 aromatic carbocycles. The van der Waals surface area contributed by atoms with Crippen molar-refractivity contribution < 1.29 is 57.0 Å². The molecule has 0 atom stereocenters. The van der Waals surface area contributed by atoms with Crippen molar-refractivity contribution in [3.05, 3.63) is 46.0 Å². The van der Waals surface area contributed by atoms with Gasteiger partial charge in [-0.15, -0.1) is 0 Å². The first-order valence-electron chi connectivity index (χ1n) is 1.64. The summed E-state index contributed by atoms with van der Waals surface area (Å²) in [6.07, 6.45) is 0. The van der Waals surface area contributed by atoms with Crippen LogP contribution in [-0.2, 0) is 0 Å². The van der Waals surface area contributed by atoms with Gasteiger partial charge in [-0.3, -0.25) is 0 Å². The zero-order chi connectivity index (χ0) is 10.7. The third-order valence-electron chi connectivity index (χ3n) is 0. The molecule has 0 bridgehead atoms. The van der Waals surface area contributed by atoms with E-state index in [9.17, 15) is 0 Å². The van der Waals surface area contributed by atoms with Crippen molar-refractivity contribution in [3.8, 4) is 0 Å². The van der Waals surface area contributed by atoms with Crippen LogP contribution < -0.4 is 6.15 Å². The third kappa shape index (κ3) is 955. The summed E-state index contributed by atoms with van der Waals surface area (Å²) in [4.78, 5) is 24.8. The molecule has 0 saturated heterocycles. The molecule has 0 spiro atoms. The van der Waals surface area contributed by atoms with Crippen LogP contribution in [0.2, 0.25) is 0 Å². The molecule has 0 aliphatic heterocycles. The Morgan fingerprint density at radius 2 is 0.571 bits per heavy atom. The van der Waals surface area contributed by atoms with Crippen LogP contribution in [0.25, 0.3) is 0 Å². The molecule has 13 nitrogen and oxygen atoms in total. The van der Waals surface area contributed by atoms with Crippen LogP contribution >= 0.6 is 0 Å². The van der Waals surface area contributed by atoms with Crippen molar-refractivity contribution in [2.45, 2.75) is 0 Å². The van der Waals surface area contributed by atoms with Crippen LogP contribution in [0.3, 0.4) is 0 Å². The molecule has 4 N–H and O–H groups in total. The van der Waals surface area contributed by atoms with Gasteiger partial charge in [-0.05, 0) is 0 Å². The fourth-order valence-corrected chi connectivity index (χ4v) is 0. The predicted octanol–water partition coefficient (Wildman–Crippen LogP) is -0.341. The Labute approximate surface area is 109 Å². The molecule has 14 heavy (non-hydrogen) atoms. The maximum atomic E-state index is 8.25. The summed E-state index contributed by atoms with van der Waals surface area (Å²) in [5.74, 6) is 0. The van der Waals surface area contributed by atoms with E-state index < -0.39 is 15.3 Å². The van der Waals surface area contributed by atoms with Gasteiger partial charge in [-0.1, -0.05) is 0 Å². The first-order valence-corrected chi connectivity index (χ1v) is 1.64. The minimum Gasteiger partial charge on any atom is -0.369 e. The zero-order valence-electron chi connectivity index (χ0n) is 6.52. The molecule has 14 heteroatoms. The molecular weight excluding hydrogens is 340 g/mol. The average molecular weight is 344 g/mol. The van der Waals surface area contributed by atoms with E-state index >= 15 is 0 Å². The first-order chi connectivity index (χ1) is 5.20. The maximum Gasteiger partial charge on any atom is 0.0689 e. The minimum atomic E-state index is -1.75. The van der Waals surface area contributed by atoms with Gasteiger partial charge >= 0.3 is 0 Å². The van der Waals surface area contributed by atoms with Crippen LogP contribution in [0.5, 0.6) is 0 Å². The fraction of sp³-hybridized carbons (Fsp3) is 0. The van der Waals surface area contributed by atoms with Crippen LogP contribution in [0.1, 0.15) is 0 Å². The van der Waals surface area contributed by atoms with Gasteiger partial charge in [0.05, 0.1) is 15.3 Å². The van der Waals surface area contributed by atoms with Gasteiger partial charge in [0.2, 0.25) is 0 Å². The van der Waals surface area contributed by atoms with Crippen LogP contribution in [-0.4, -0.2) is 15.3 Å². The number of hydrogen-bond donors (Lipinski definition) is 1. The molecule has 0 aromatic rings. The van der Waals surface area contributed by atoms with Crippen LogP contribution in [0.4, 0.5) is 0 Å². The summed E-state index contributed by atoms with van der Waals surface area (Å²) in [5, 5.41) is 44.2. The number of quaternary nitrogens is 1. The Hall–Kier alpha value is -1.06. The van der Waals surface area contributed by atoms with Gasteiger partial charge in [0, 0.05) is 41.7 Å². The van der Waals surface area contributed by atoms with Gasteiger partial charge in [0.15, 0.2) is 0 Å². The van der Waals surface area contributed by atoms with E-state index in [1.54, 1.807) is 0 Å². The molecule has 84 valence electrons. The molecule has 0 radical (unpaired) electrons. The molecule has 0 saturated carbocycles. The maximum absolute atomic E-state index is 8.25. The summed E-state index contributed by atoms with van der Waals surface area (Å²) in [5.41, 5.74) is 0. The SMILES string of the molecule is O=[N+]([O-])[O-].O=[N+]([O-])[O-].O=[N+]([O-])[O-].[Ce].[NH4+]. The second kappa shape index (κ2) is 22.7. The van der Waals surface area contributed by atoms with E-state index in [-0.39, 0.29) is 47.9 Å². The number of nitrogens with zero attached hydrogens (tertiary/aromatic N) is 3. The fourth-order valence-electron chi connectivity index (χ4n) is 0. The molecule has 0 amide bonds. The van der Waals surface area contributed by atoms with Crippen molar-refractivity contribution in [2.24, 2.45) is 0 Å². The van der Waals surface area contributed by atoms with E-state index in [1.807, 2.05) is 0 Å². The van der Waals surface area contributed by atoms with Crippen LogP contribution in [0.15, 0.2) is 0 Å². The third-order valence-corrected chi connectivity index (χ3v) is 0. The Kier molecular flexibility index (Phi) is 47.4. The Bertz CT molecular complexity index is 114. The monoisotopic (exact) mass is 344 g/mol. The van der Waals surface area contributed by atoms with Gasteiger partial charge in [-0.25, -0.2) is 0 Å². The smallest absolute Gasteiger partial charge is 0.0689 e. The number of rotatable bonds is 0. The Morgan fingerprint density at radius 1 is 0.571 bits per heavy atom.